The number of carbonyl (C=O) groups excluding carboxylic acids is 2. The number of allylic oxidation sites excluding steroid dienone is 1. The molecule has 0 aliphatic heterocycles. The quantitative estimate of drug-likeness (QED) is 0.0257. The van der Waals surface area contributed by atoms with E-state index in [9.17, 15) is 14.7 Å². The monoisotopic (exact) mass is 870 g/mol. The second-order valence-corrected chi connectivity index (χ2v) is 20.0. The van der Waals surface area contributed by atoms with Gasteiger partial charge >= 0.3 is 5.97 Å². The summed E-state index contributed by atoms with van der Waals surface area (Å²) in [5.74, 6) is 4.57. The summed E-state index contributed by atoms with van der Waals surface area (Å²) in [7, 11) is 0. The number of hydrogen-bond donors (Lipinski definition) is 2. The maximum Gasteiger partial charge on any atom is 0.306 e. The van der Waals surface area contributed by atoms with Crippen LogP contribution < -0.4 is 5.32 Å². The first-order chi connectivity index (χ1) is 26.4. The molecular formula is C46H71IN4O4. The number of nitrogens with zero attached hydrogens (tertiary/aromatic N) is 3. The zero-order valence-electron chi connectivity index (χ0n) is 34.7. The maximum absolute atomic E-state index is 12.9. The van der Waals surface area contributed by atoms with E-state index in [0.717, 1.165) is 86.9 Å². The number of phenols is 1. The highest BCUT2D eigenvalue weighted by atomic mass is 127. The third-order valence-corrected chi connectivity index (χ3v) is 15.7. The summed E-state index contributed by atoms with van der Waals surface area (Å²) in [6.07, 6.45) is 27.2. The first-order valence-corrected chi connectivity index (χ1v) is 23.2. The Kier molecular flexibility index (Phi) is 16.3. The van der Waals surface area contributed by atoms with Crippen LogP contribution in [0.1, 0.15) is 180 Å². The number of fused-ring (bicyclic) bond motifs is 5. The molecule has 1 amide bonds. The standard InChI is InChI=1S/C46H71IN4O4/c1-31(2)16-15-17-32(3)37-21-22-38-35-20-19-33-28-34(23-25-45(33,4)39(35)24-26-46(37,38)5)55-43(53)18-13-11-9-7-6-8-10-12-14-27-49-44(54)36-29-40(47)41(50-51-48)30-42(36)52/h19,29-32,34-35,37-39,52H,6-18,20-28H2,1-5H3,(H,49,54)/t32-,34?,35?,37-,38?,39?,45+,46-/m1/s1. The lowest BCUT2D eigenvalue weighted by molar-refractivity contribution is -0.151. The van der Waals surface area contributed by atoms with Crippen molar-refractivity contribution in [2.24, 2.45) is 51.5 Å². The molecule has 8 nitrogen and oxygen atoms in total. The first-order valence-electron chi connectivity index (χ1n) is 22.1. The molecule has 4 aliphatic rings. The van der Waals surface area contributed by atoms with Gasteiger partial charge in [-0.05, 0) is 144 Å². The Morgan fingerprint density at radius 2 is 1.65 bits per heavy atom. The minimum absolute atomic E-state index is 0.00181. The van der Waals surface area contributed by atoms with Gasteiger partial charge in [-0.1, -0.05) is 116 Å². The van der Waals surface area contributed by atoms with Gasteiger partial charge in [0.25, 0.3) is 5.91 Å². The molecule has 1 aromatic rings. The summed E-state index contributed by atoms with van der Waals surface area (Å²) in [6, 6.07) is 2.85. The van der Waals surface area contributed by atoms with E-state index < -0.39 is 0 Å². The molecule has 8 atom stereocenters. The number of hydrogen-bond acceptors (Lipinski definition) is 5. The Hall–Kier alpha value is -2.26. The fourth-order valence-electron chi connectivity index (χ4n) is 11.8. The number of halogens is 1. The highest BCUT2D eigenvalue weighted by molar-refractivity contribution is 14.1. The molecular weight excluding hydrogens is 799 g/mol. The Morgan fingerprint density at radius 1 is 0.945 bits per heavy atom. The van der Waals surface area contributed by atoms with E-state index >= 15 is 0 Å². The van der Waals surface area contributed by atoms with Gasteiger partial charge < -0.3 is 15.2 Å². The van der Waals surface area contributed by atoms with E-state index in [-0.39, 0.29) is 34.7 Å². The van der Waals surface area contributed by atoms with Crippen LogP contribution in [-0.2, 0) is 9.53 Å². The van der Waals surface area contributed by atoms with E-state index in [0.29, 0.717) is 27.6 Å². The van der Waals surface area contributed by atoms with Gasteiger partial charge in [-0.3, -0.25) is 9.59 Å². The highest BCUT2D eigenvalue weighted by Crippen LogP contribution is 2.67. The van der Waals surface area contributed by atoms with E-state index in [1.807, 2.05) is 22.6 Å². The maximum atomic E-state index is 12.9. The zero-order valence-corrected chi connectivity index (χ0v) is 36.9. The van der Waals surface area contributed by atoms with Crippen molar-refractivity contribution in [2.45, 2.75) is 176 Å². The second-order valence-electron chi connectivity index (χ2n) is 18.8. The average molecular weight is 871 g/mol. The van der Waals surface area contributed by atoms with Crippen LogP contribution in [0.25, 0.3) is 10.4 Å². The molecule has 4 aliphatic carbocycles. The number of rotatable bonds is 20. The van der Waals surface area contributed by atoms with Crippen molar-refractivity contribution in [1.29, 1.82) is 0 Å². The number of carbonyl (C=O) groups is 2. The normalized spacial score (nSPS) is 29.0. The van der Waals surface area contributed by atoms with E-state index in [4.69, 9.17) is 10.3 Å². The summed E-state index contributed by atoms with van der Waals surface area (Å²) in [6.45, 7) is 13.1. The van der Waals surface area contributed by atoms with Crippen molar-refractivity contribution in [3.8, 4) is 5.75 Å². The number of esters is 1. The predicted octanol–water partition coefficient (Wildman–Crippen LogP) is 13.5. The van der Waals surface area contributed by atoms with Crippen molar-refractivity contribution < 1.29 is 19.4 Å². The number of benzene rings is 1. The molecule has 9 heteroatoms. The van der Waals surface area contributed by atoms with Gasteiger partial charge in [-0.2, -0.15) is 0 Å². The molecule has 0 heterocycles. The van der Waals surface area contributed by atoms with Gasteiger partial charge in [0.1, 0.15) is 11.9 Å². The molecule has 2 N–H and O–H groups in total. The van der Waals surface area contributed by atoms with E-state index in [2.05, 4.69) is 56.0 Å². The third kappa shape index (κ3) is 11.0. The van der Waals surface area contributed by atoms with Crippen LogP contribution >= 0.6 is 22.6 Å². The molecule has 5 rings (SSSR count). The van der Waals surface area contributed by atoms with Crippen molar-refractivity contribution in [2.75, 3.05) is 6.54 Å². The predicted molar refractivity (Wildman–Crippen MR) is 231 cm³/mol. The van der Waals surface area contributed by atoms with Crippen LogP contribution in [-0.4, -0.2) is 29.6 Å². The molecule has 0 spiro atoms. The minimum atomic E-state index is -0.325. The number of phenolic OH excluding ortho intramolecular Hbond substituents is 1. The number of aromatic hydroxyl groups is 1. The second kappa shape index (κ2) is 20.4. The number of nitrogens with one attached hydrogen (secondary N) is 1. The SMILES string of the molecule is CC(C)CCC[C@@H](C)[C@H]1CCC2C3CC=C4CC(OC(=O)CCCCCCCCCCCNC(=O)c5cc(I)c(N=[N+]=[N-])cc5O)CC[C@]4(C)C3CC[C@@]21C. The number of unbranched alkanes of at least 4 members (excludes halogenated alkanes) is 8. The Morgan fingerprint density at radius 3 is 2.36 bits per heavy atom. The number of azide groups is 1. The van der Waals surface area contributed by atoms with Gasteiger partial charge in [0.15, 0.2) is 0 Å². The molecule has 0 aromatic heterocycles. The number of ether oxygens (including phenoxy) is 1. The van der Waals surface area contributed by atoms with Crippen LogP contribution in [0.3, 0.4) is 0 Å². The zero-order chi connectivity index (χ0) is 39.6. The molecule has 0 radical (unpaired) electrons. The Balaban J connectivity index is 0.922. The summed E-state index contributed by atoms with van der Waals surface area (Å²) in [5, 5.41) is 16.5. The molecule has 306 valence electrons. The van der Waals surface area contributed by atoms with Crippen molar-refractivity contribution in [3.05, 3.63) is 43.4 Å². The van der Waals surface area contributed by atoms with Crippen LogP contribution in [0, 0.1) is 49.9 Å². The summed E-state index contributed by atoms with van der Waals surface area (Å²) in [5.41, 5.74) is 11.5. The molecule has 0 bridgehead atoms. The van der Waals surface area contributed by atoms with Crippen LogP contribution in [0.2, 0.25) is 0 Å². The molecule has 3 saturated carbocycles. The van der Waals surface area contributed by atoms with Gasteiger partial charge in [-0.15, -0.1) is 0 Å². The van der Waals surface area contributed by atoms with Gasteiger partial charge in [0, 0.05) is 27.9 Å². The fourth-order valence-corrected chi connectivity index (χ4v) is 12.4. The van der Waals surface area contributed by atoms with Gasteiger partial charge in [-0.25, -0.2) is 0 Å². The largest absolute Gasteiger partial charge is 0.507 e. The molecule has 0 saturated heterocycles. The third-order valence-electron chi connectivity index (χ3n) is 14.9. The van der Waals surface area contributed by atoms with Crippen LogP contribution in [0.4, 0.5) is 5.69 Å². The van der Waals surface area contributed by atoms with Gasteiger partial charge in [0.05, 0.1) is 11.3 Å². The fraction of sp³-hybridized carbons (Fsp3) is 0.783. The Bertz CT molecular complexity index is 1540. The Labute approximate surface area is 345 Å². The molecule has 4 unspecified atom stereocenters. The number of amides is 1. The average Bonchev–Trinajstić information content (AvgIpc) is 3.50. The molecule has 1 aromatic carbocycles. The minimum Gasteiger partial charge on any atom is -0.507 e. The first kappa shape index (κ1) is 43.9. The highest BCUT2D eigenvalue weighted by Gasteiger charge is 2.59. The molecule has 3 fully saturated rings. The lowest BCUT2D eigenvalue weighted by Crippen LogP contribution is -2.51. The topological polar surface area (TPSA) is 124 Å². The van der Waals surface area contributed by atoms with Crippen molar-refractivity contribution >= 4 is 40.2 Å². The van der Waals surface area contributed by atoms with E-state index in [1.54, 1.807) is 5.57 Å². The summed E-state index contributed by atoms with van der Waals surface area (Å²) < 4.78 is 6.73. The molecule has 55 heavy (non-hydrogen) atoms. The van der Waals surface area contributed by atoms with Gasteiger partial charge in [0.2, 0.25) is 0 Å². The lowest BCUT2D eigenvalue weighted by Gasteiger charge is -2.58. The van der Waals surface area contributed by atoms with Crippen molar-refractivity contribution in [1.82, 2.24) is 5.32 Å². The smallest absolute Gasteiger partial charge is 0.306 e. The van der Waals surface area contributed by atoms with Crippen molar-refractivity contribution in [3.63, 3.8) is 0 Å². The van der Waals surface area contributed by atoms with Crippen LogP contribution in [0.5, 0.6) is 5.75 Å². The van der Waals surface area contributed by atoms with E-state index in [1.165, 1.54) is 89.2 Å². The lowest BCUT2D eigenvalue weighted by atomic mass is 9.47. The summed E-state index contributed by atoms with van der Waals surface area (Å²) >= 11 is 1.98. The van der Waals surface area contributed by atoms with Crippen LogP contribution in [0.15, 0.2) is 28.9 Å². The summed E-state index contributed by atoms with van der Waals surface area (Å²) in [4.78, 5) is 28.1.